The SMILES string of the molecule is Cl.Cl.O=S(=O)(N[C@H]1CCCNC1)c1cccc2cnccc12. The Bertz CT molecular complexity index is 714. The van der Waals surface area contributed by atoms with E-state index in [1.54, 1.807) is 30.6 Å². The van der Waals surface area contributed by atoms with Gasteiger partial charge >= 0.3 is 0 Å². The Balaban J connectivity index is 0.00000121. The number of sulfonamides is 1. The van der Waals surface area contributed by atoms with Crippen LogP contribution in [0.2, 0.25) is 0 Å². The summed E-state index contributed by atoms with van der Waals surface area (Å²) in [5.41, 5.74) is 0. The van der Waals surface area contributed by atoms with E-state index in [1.807, 2.05) is 6.07 Å². The van der Waals surface area contributed by atoms with Gasteiger partial charge in [0, 0.05) is 35.8 Å². The minimum absolute atomic E-state index is 0. The third kappa shape index (κ3) is 4.08. The Morgan fingerprint density at radius 2 is 2.05 bits per heavy atom. The van der Waals surface area contributed by atoms with Crippen LogP contribution >= 0.6 is 24.8 Å². The fourth-order valence-electron chi connectivity index (χ4n) is 2.56. The van der Waals surface area contributed by atoms with E-state index in [-0.39, 0.29) is 30.9 Å². The van der Waals surface area contributed by atoms with Crippen molar-refractivity contribution in [2.75, 3.05) is 13.1 Å². The Morgan fingerprint density at radius 3 is 2.77 bits per heavy atom. The molecule has 2 aromatic rings. The molecule has 1 saturated heterocycles. The second-order valence-corrected chi connectivity index (χ2v) is 6.70. The molecule has 122 valence electrons. The Hall–Kier alpha value is -0.920. The van der Waals surface area contributed by atoms with Crippen LogP contribution in [0.1, 0.15) is 12.8 Å². The first-order valence-electron chi connectivity index (χ1n) is 6.72. The Kier molecular flexibility index (Phi) is 7.02. The monoisotopic (exact) mass is 363 g/mol. The highest BCUT2D eigenvalue weighted by molar-refractivity contribution is 7.89. The predicted octanol–water partition coefficient (Wildman–Crippen LogP) is 2.11. The van der Waals surface area contributed by atoms with E-state index in [1.165, 1.54) is 0 Å². The second-order valence-electron chi connectivity index (χ2n) is 5.02. The van der Waals surface area contributed by atoms with E-state index < -0.39 is 10.0 Å². The maximum atomic E-state index is 12.6. The van der Waals surface area contributed by atoms with Gasteiger partial charge in [-0.2, -0.15) is 0 Å². The van der Waals surface area contributed by atoms with Gasteiger partial charge in [-0.1, -0.05) is 12.1 Å². The lowest BCUT2D eigenvalue weighted by Crippen LogP contribution is -2.45. The smallest absolute Gasteiger partial charge is 0.241 e. The van der Waals surface area contributed by atoms with Gasteiger partial charge < -0.3 is 5.32 Å². The number of rotatable bonds is 3. The maximum Gasteiger partial charge on any atom is 0.241 e. The Labute approximate surface area is 142 Å². The number of hydrogen-bond acceptors (Lipinski definition) is 4. The van der Waals surface area contributed by atoms with Gasteiger partial charge in [-0.05, 0) is 31.5 Å². The predicted molar refractivity (Wildman–Crippen MR) is 92.5 cm³/mol. The standard InChI is InChI=1S/C14H17N3O2S.2ClH/c18-20(19,17-12-4-2-7-15-10-12)14-5-1-3-11-9-16-8-6-13(11)14;;/h1,3,5-6,8-9,12,15,17H,2,4,7,10H2;2*1H/t12-;;/m0../s1. The molecule has 0 aliphatic carbocycles. The molecule has 1 atom stereocenters. The molecule has 1 aromatic heterocycles. The van der Waals surface area contributed by atoms with Crippen LogP contribution in [-0.4, -0.2) is 32.5 Å². The molecule has 0 bridgehead atoms. The average Bonchev–Trinajstić information content (AvgIpc) is 2.47. The van der Waals surface area contributed by atoms with Gasteiger partial charge in [0.2, 0.25) is 10.0 Å². The van der Waals surface area contributed by atoms with E-state index in [9.17, 15) is 8.42 Å². The van der Waals surface area contributed by atoms with Crippen molar-refractivity contribution in [3.8, 4) is 0 Å². The van der Waals surface area contributed by atoms with Crippen LogP contribution in [0.3, 0.4) is 0 Å². The average molecular weight is 364 g/mol. The lowest BCUT2D eigenvalue weighted by molar-refractivity contribution is 0.429. The number of nitrogens with zero attached hydrogens (tertiary/aromatic N) is 1. The van der Waals surface area contributed by atoms with Crippen LogP contribution in [0, 0.1) is 0 Å². The third-order valence-corrected chi connectivity index (χ3v) is 5.13. The zero-order valence-corrected chi connectivity index (χ0v) is 14.3. The van der Waals surface area contributed by atoms with Crippen molar-refractivity contribution in [2.45, 2.75) is 23.8 Å². The number of benzene rings is 1. The van der Waals surface area contributed by atoms with Crippen LogP contribution in [-0.2, 0) is 10.0 Å². The second kappa shape index (κ2) is 8.08. The van der Waals surface area contributed by atoms with Crippen molar-refractivity contribution in [1.82, 2.24) is 15.0 Å². The molecule has 0 amide bonds. The quantitative estimate of drug-likeness (QED) is 0.875. The summed E-state index contributed by atoms with van der Waals surface area (Å²) >= 11 is 0. The van der Waals surface area contributed by atoms with Crippen LogP contribution in [0.4, 0.5) is 0 Å². The number of pyridine rings is 1. The molecule has 0 saturated carbocycles. The lowest BCUT2D eigenvalue weighted by atomic mass is 10.1. The first kappa shape index (κ1) is 19.1. The van der Waals surface area contributed by atoms with Gasteiger partial charge in [0.25, 0.3) is 0 Å². The van der Waals surface area contributed by atoms with Crippen molar-refractivity contribution < 1.29 is 8.42 Å². The minimum atomic E-state index is -3.50. The van der Waals surface area contributed by atoms with Crippen LogP contribution in [0.5, 0.6) is 0 Å². The highest BCUT2D eigenvalue weighted by atomic mass is 35.5. The Morgan fingerprint density at radius 1 is 1.23 bits per heavy atom. The summed E-state index contributed by atoms with van der Waals surface area (Å²) in [6.07, 6.45) is 5.16. The topological polar surface area (TPSA) is 71.1 Å². The highest BCUT2D eigenvalue weighted by Gasteiger charge is 2.23. The molecule has 3 rings (SSSR count). The normalized spacial score (nSPS) is 18.3. The molecule has 0 radical (unpaired) electrons. The van der Waals surface area contributed by atoms with E-state index in [2.05, 4.69) is 15.0 Å². The summed E-state index contributed by atoms with van der Waals surface area (Å²) in [5.74, 6) is 0. The maximum absolute atomic E-state index is 12.6. The van der Waals surface area contributed by atoms with Gasteiger partial charge in [-0.3, -0.25) is 4.98 Å². The van der Waals surface area contributed by atoms with Crippen molar-refractivity contribution in [2.24, 2.45) is 0 Å². The minimum Gasteiger partial charge on any atom is -0.315 e. The van der Waals surface area contributed by atoms with Crippen molar-refractivity contribution in [3.63, 3.8) is 0 Å². The van der Waals surface area contributed by atoms with Crippen LogP contribution < -0.4 is 10.0 Å². The number of fused-ring (bicyclic) bond motifs is 1. The zero-order chi connectivity index (χ0) is 14.0. The van der Waals surface area contributed by atoms with Gasteiger partial charge in [-0.25, -0.2) is 13.1 Å². The molecule has 0 unspecified atom stereocenters. The van der Waals surface area contributed by atoms with Gasteiger partial charge in [0.05, 0.1) is 4.90 Å². The summed E-state index contributed by atoms with van der Waals surface area (Å²) in [6, 6.07) is 6.95. The first-order chi connectivity index (χ1) is 9.67. The molecule has 1 aromatic carbocycles. The van der Waals surface area contributed by atoms with Crippen LogP contribution in [0.25, 0.3) is 10.8 Å². The van der Waals surface area contributed by atoms with E-state index in [4.69, 9.17) is 0 Å². The molecular formula is C14H19Cl2N3O2S. The molecule has 0 spiro atoms. The summed E-state index contributed by atoms with van der Waals surface area (Å²) in [4.78, 5) is 4.35. The van der Waals surface area contributed by atoms with E-state index in [0.717, 1.165) is 24.8 Å². The van der Waals surface area contributed by atoms with Crippen LogP contribution in [0.15, 0.2) is 41.6 Å². The molecule has 1 fully saturated rings. The first-order valence-corrected chi connectivity index (χ1v) is 8.21. The van der Waals surface area contributed by atoms with Crippen molar-refractivity contribution in [3.05, 3.63) is 36.7 Å². The zero-order valence-electron chi connectivity index (χ0n) is 11.9. The molecular weight excluding hydrogens is 345 g/mol. The highest BCUT2D eigenvalue weighted by Crippen LogP contribution is 2.22. The summed E-state index contributed by atoms with van der Waals surface area (Å²) < 4.78 is 27.9. The molecule has 1 aliphatic heterocycles. The molecule has 8 heteroatoms. The van der Waals surface area contributed by atoms with Crippen molar-refractivity contribution >= 4 is 45.6 Å². The van der Waals surface area contributed by atoms with Gasteiger partial charge in [0.1, 0.15) is 0 Å². The fraction of sp³-hybridized carbons (Fsp3) is 0.357. The van der Waals surface area contributed by atoms with Gasteiger partial charge in [0.15, 0.2) is 0 Å². The fourth-order valence-corrected chi connectivity index (χ4v) is 4.06. The molecule has 5 nitrogen and oxygen atoms in total. The lowest BCUT2D eigenvalue weighted by Gasteiger charge is -2.23. The molecule has 22 heavy (non-hydrogen) atoms. The summed E-state index contributed by atoms with van der Waals surface area (Å²) in [6.45, 7) is 1.64. The third-order valence-electron chi connectivity index (χ3n) is 3.55. The number of piperidine rings is 1. The molecule has 1 aliphatic rings. The molecule has 2 N–H and O–H groups in total. The molecule has 2 heterocycles. The largest absolute Gasteiger partial charge is 0.315 e. The van der Waals surface area contributed by atoms with E-state index >= 15 is 0 Å². The van der Waals surface area contributed by atoms with Crippen molar-refractivity contribution in [1.29, 1.82) is 0 Å². The summed E-state index contributed by atoms with van der Waals surface area (Å²) in [5, 5.41) is 4.75. The summed E-state index contributed by atoms with van der Waals surface area (Å²) in [7, 11) is -3.50. The number of hydrogen-bond donors (Lipinski definition) is 2. The number of aromatic nitrogens is 1. The number of halogens is 2. The van der Waals surface area contributed by atoms with E-state index in [0.29, 0.717) is 16.8 Å². The van der Waals surface area contributed by atoms with Gasteiger partial charge in [-0.15, -0.1) is 24.8 Å². The number of nitrogens with one attached hydrogen (secondary N) is 2.